The van der Waals surface area contributed by atoms with Gasteiger partial charge in [0.1, 0.15) is 29.3 Å². The first-order valence-electron chi connectivity index (χ1n) is 22.0. The number of hydrogen-bond acceptors (Lipinski definition) is 11. The Bertz CT molecular complexity index is 2820. The number of carbonyl (C=O) groups excluding carboxylic acids is 2. The van der Waals surface area contributed by atoms with Crippen LogP contribution in [0.3, 0.4) is 0 Å². The van der Waals surface area contributed by atoms with Crippen LogP contribution >= 0.6 is 35.6 Å². The zero-order valence-electron chi connectivity index (χ0n) is 38.4. The second-order valence-corrected chi connectivity index (χ2v) is 18.2. The molecule has 352 valence electrons. The van der Waals surface area contributed by atoms with E-state index in [1.165, 1.54) is 24.6 Å². The number of alkyl halides is 1. The number of aromatic nitrogens is 6. The Morgan fingerprint density at radius 1 is 0.746 bits per heavy atom. The molecule has 6 aromatic rings. The monoisotopic (exact) mass is 966 g/mol. The van der Waals surface area contributed by atoms with Gasteiger partial charge in [0.05, 0.1) is 43.2 Å². The Balaban J connectivity index is 0.000000185. The van der Waals surface area contributed by atoms with Crippen molar-refractivity contribution < 1.29 is 28.5 Å². The van der Waals surface area contributed by atoms with E-state index in [1.807, 2.05) is 26.0 Å². The van der Waals surface area contributed by atoms with Crippen molar-refractivity contribution in [2.75, 3.05) is 36.5 Å². The zero-order chi connectivity index (χ0) is 48.0. The van der Waals surface area contributed by atoms with Crippen molar-refractivity contribution in [1.29, 1.82) is 0 Å². The van der Waals surface area contributed by atoms with Crippen molar-refractivity contribution in [3.05, 3.63) is 87.5 Å². The first kappa shape index (κ1) is 50.1. The van der Waals surface area contributed by atoms with Crippen molar-refractivity contribution >= 4 is 92.5 Å². The minimum absolute atomic E-state index is 0.0667. The summed E-state index contributed by atoms with van der Waals surface area (Å²) in [4.78, 5) is 52.3. The number of H-pyrrole nitrogens is 3. The number of fused-ring (bicyclic) bond motifs is 2. The number of ether oxygens (including phenoxy) is 4. The predicted molar refractivity (Wildman–Crippen MR) is 266 cm³/mol. The molecule has 2 amide bonds. The molecule has 2 aromatic carbocycles. The number of aromatic amines is 3. The molecule has 2 fully saturated rings. The van der Waals surface area contributed by atoms with Crippen molar-refractivity contribution in [3.63, 3.8) is 0 Å². The number of rotatable bonds is 12. The molecule has 0 saturated heterocycles. The Morgan fingerprint density at radius 2 is 1.25 bits per heavy atom. The number of methoxy groups -OCH3 is 2. The highest BCUT2D eigenvalue weighted by Gasteiger charge is 2.23. The third-order valence-electron chi connectivity index (χ3n) is 11.6. The summed E-state index contributed by atoms with van der Waals surface area (Å²) in [7, 11) is 3.23. The number of imidazole rings is 2. The maximum Gasteiger partial charge on any atom is 0.274 e. The largest absolute Gasteiger partial charge is 0.493 e. The van der Waals surface area contributed by atoms with Gasteiger partial charge >= 0.3 is 0 Å². The molecule has 2 saturated carbocycles. The van der Waals surface area contributed by atoms with Crippen LogP contribution in [-0.2, 0) is 9.59 Å². The van der Waals surface area contributed by atoms with Crippen LogP contribution in [0.25, 0.3) is 31.8 Å². The van der Waals surface area contributed by atoms with Crippen LogP contribution in [0.15, 0.2) is 53.9 Å². The van der Waals surface area contributed by atoms with E-state index in [4.69, 9.17) is 55.9 Å². The van der Waals surface area contributed by atoms with Crippen LogP contribution in [0.4, 0.5) is 23.0 Å². The average Bonchev–Trinajstić information content (AvgIpc) is 3.94. The first-order valence-corrected chi connectivity index (χ1v) is 23.9. The molecule has 4 aromatic heterocycles. The molecule has 0 atom stereocenters. The zero-order valence-corrected chi connectivity index (χ0v) is 40.8. The molecule has 19 heteroatoms. The van der Waals surface area contributed by atoms with Gasteiger partial charge in [-0.25, -0.2) is 4.98 Å². The van der Waals surface area contributed by atoms with E-state index in [0.717, 1.165) is 78.0 Å². The van der Waals surface area contributed by atoms with Gasteiger partial charge in [-0.2, -0.15) is 0 Å². The van der Waals surface area contributed by atoms with Crippen molar-refractivity contribution in [1.82, 2.24) is 29.9 Å². The van der Waals surface area contributed by atoms with E-state index in [2.05, 4.69) is 64.1 Å². The molecule has 0 aliphatic heterocycles. The van der Waals surface area contributed by atoms with Gasteiger partial charge in [0.25, 0.3) is 11.6 Å². The summed E-state index contributed by atoms with van der Waals surface area (Å²) in [6.45, 7) is 22.3. The minimum atomic E-state index is -0.237. The lowest BCUT2D eigenvalue weighted by molar-refractivity contribution is -0.114. The number of aryl methyl sites for hydroxylation is 2. The number of nitrogens with one attached hydrogen (secondary N) is 5. The van der Waals surface area contributed by atoms with Crippen molar-refractivity contribution in [3.8, 4) is 23.0 Å². The highest BCUT2D eigenvalue weighted by atomic mass is 35.5. The van der Waals surface area contributed by atoms with E-state index in [1.54, 1.807) is 50.9 Å². The van der Waals surface area contributed by atoms with Crippen molar-refractivity contribution in [2.24, 2.45) is 11.8 Å². The average molecular weight is 968 g/mol. The van der Waals surface area contributed by atoms with Crippen molar-refractivity contribution in [2.45, 2.75) is 96.4 Å². The molecule has 0 bridgehead atoms. The lowest BCUT2D eigenvalue weighted by Gasteiger charge is -2.27. The summed E-state index contributed by atoms with van der Waals surface area (Å²) >= 11 is 11.7. The minimum Gasteiger partial charge on any atom is -0.493 e. The lowest BCUT2D eigenvalue weighted by Crippen LogP contribution is -2.23. The van der Waals surface area contributed by atoms with Crippen LogP contribution in [0.5, 0.6) is 23.0 Å². The molecule has 2 aliphatic rings. The van der Waals surface area contributed by atoms with Gasteiger partial charge in [0.2, 0.25) is 11.8 Å². The summed E-state index contributed by atoms with van der Waals surface area (Å²) in [6, 6.07) is 10.8. The van der Waals surface area contributed by atoms with Gasteiger partial charge in [-0.1, -0.05) is 38.8 Å². The molecule has 67 heavy (non-hydrogen) atoms. The number of thioether (sulfide) groups is 1. The number of anilines is 2. The smallest absolute Gasteiger partial charge is 0.274 e. The quantitative estimate of drug-likeness (QED) is 0.0340. The number of hydrogen-bond donors (Lipinski definition) is 5. The Labute approximate surface area is 404 Å². The normalized spacial score (nSPS) is 17.6. The van der Waals surface area contributed by atoms with E-state index in [9.17, 15) is 9.59 Å². The summed E-state index contributed by atoms with van der Waals surface area (Å²) in [6.07, 6.45) is 12.5. The molecule has 5 N–H and O–H groups in total. The van der Waals surface area contributed by atoms with Gasteiger partial charge in [0, 0.05) is 34.6 Å². The van der Waals surface area contributed by atoms with E-state index >= 15 is 0 Å². The van der Waals surface area contributed by atoms with Gasteiger partial charge in [-0.15, -0.1) is 21.6 Å². The molecule has 0 unspecified atom stereocenters. The first-order chi connectivity index (χ1) is 32.3. The fourth-order valence-electron chi connectivity index (χ4n) is 7.76. The molecular weight excluding hydrogens is 912 g/mol. The SMILES string of the molecule is COc1ccc(NC(=O)CCl)cc1OC1CCC(C)CC1.[C-]#[N+]c1ncc2[nH]c(=S)[nH]c2c1C.[C-]#[N+]c1ncc2[nH]c(SCC(=O)Nc3ccc(OC)c(OC4CCC(C)CC4)c3)nc2c1C. The van der Waals surface area contributed by atoms with Gasteiger partial charge < -0.3 is 54.2 Å². The van der Waals surface area contributed by atoms with Crippen LogP contribution in [0.1, 0.15) is 76.3 Å². The molecule has 2 aliphatic carbocycles. The Morgan fingerprint density at radius 3 is 1.76 bits per heavy atom. The fourth-order valence-corrected chi connectivity index (χ4v) is 8.72. The van der Waals surface area contributed by atoms with E-state index < -0.39 is 0 Å². The summed E-state index contributed by atoms with van der Waals surface area (Å²) in [5.41, 5.74) is 6.05. The van der Waals surface area contributed by atoms with Gasteiger partial charge in [-0.3, -0.25) is 9.59 Å². The number of amides is 2. The van der Waals surface area contributed by atoms with Crippen LogP contribution in [0.2, 0.25) is 0 Å². The number of carbonyl (C=O) groups is 2. The lowest BCUT2D eigenvalue weighted by atomic mass is 9.89. The molecule has 16 nitrogen and oxygen atoms in total. The summed E-state index contributed by atoms with van der Waals surface area (Å²) < 4.78 is 23.6. The fraction of sp³-hybridized carbons (Fsp3) is 0.417. The molecule has 8 rings (SSSR count). The highest BCUT2D eigenvalue weighted by Crippen LogP contribution is 2.36. The third-order valence-corrected chi connectivity index (χ3v) is 12.9. The number of benzene rings is 2. The molecular formula is C48H55ClN10O6S2. The Hall–Kier alpha value is -6.34. The van der Waals surface area contributed by atoms with Crippen LogP contribution in [-0.4, -0.2) is 79.8 Å². The second kappa shape index (κ2) is 23.9. The standard InChI is InChI=1S/C24H27N5O3S.C16H22ClNO3.C8H6N4S/c1-14-5-8-17(9-6-14)32-20-11-16(7-10-19(20)31-4)27-21(30)13-33-24-28-18-12-26-23(25-3)15(2)22(18)29-24;1-11-3-6-13(7-4-11)21-15-9-12(18-16(19)10-17)5-8-14(15)20-2;1-4-6-5(11-8(13)12-6)3-10-7(4)9-2/h7,10-12,14,17H,5-6,8-9,13H2,1-2,4H3,(H,27,30)(H,28,29);5,8-9,11,13H,3-4,6-7,10H2,1-2H3,(H,18,19);3H,1H3,(H2,11,12,13). The third kappa shape index (κ3) is 13.6. The van der Waals surface area contributed by atoms with Crippen LogP contribution in [0, 0.1) is 43.6 Å². The van der Waals surface area contributed by atoms with E-state index in [-0.39, 0.29) is 35.7 Å². The van der Waals surface area contributed by atoms with Gasteiger partial charge in [0.15, 0.2) is 32.9 Å². The summed E-state index contributed by atoms with van der Waals surface area (Å²) in [5.74, 6) is 4.66. The Kier molecular flexibility index (Phi) is 17.9. The number of halogens is 1. The topological polar surface area (TPSA) is 190 Å². The maximum atomic E-state index is 12.6. The van der Waals surface area contributed by atoms with E-state index in [0.29, 0.717) is 61.5 Å². The second-order valence-electron chi connectivity index (χ2n) is 16.6. The van der Waals surface area contributed by atoms with Gasteiger partial charge in [-0.05, 0) is 114 Å². The molecule has 0 radical (unpaired) electrons. The predicted octanol–water partition coefficient (Wildman–Crippen LogP) is 11.8. The molecule has 4 heterocycles. The highest BCUT2D eigenvalue weighted by molar-refractivity contribution is 7.99. The number of nitrogens with zero attached hydrogens (tertiary/aromatic N) is 5. The number of pyridine rings is 2. The summed E-state index contributed by atoms with van der Waals surface area (Å²) in [5, 5.41) is 6.25. The van der Waals surface area contributed by atoms with Crippen LogP contribution < -0.4 is 29.6 Å². The molecule has 0 spiro atoms. The maximum absolute atomic E-state index is 12.6.